The maximum atomic E-state index is 9.96. The van der Waals surface area contributed by atoms with E-state index in [1.165, 1.54) is 11.1 Å². The quantitative estimate of drug-likeness (QED) is 0.868. The molecule has 0 bridgehead atoms. The van der Waals surface area contributed by atoms with E-state index >= 15 is 0 Å². The Labute approximate surface area is 116 Å². The van der Waals surface area contributed by atoms with Crippen molar-refractivity contribution in [2.75, 3.05) is 5.75 Å². The van der Waals surface area contributed by atoms with Crippen LogP contribution in [0.25, 0.3) is 0 Å². The van der Waals surface area contributed by atoms with Crippen LogP contribution in [0.1, 0.15) is 45.7 Å². The van der Waals surface area contributed by atoms with Crippen LogP contribution in [0, 0.1) is 0 Å². The lowest BCUT2D eigenvalue weighted by Gasteiger charge is -2.19. The van der Waals surface area contributed by atoms with E-state index in [0.29, 0.717) is 5.25 Å². The predicted molar refractivity (Wildman–Crippen MR) is 82.4 cm³/mol. The minimum absolute atomic E-state index is 0.199. The molecule has 0 saturated heterocycles. The molecule has 0 radical (unpaired) electrons. The normalized spacial score (nSPS) is 13.9. The van der Waals surface area contributed by atoms with Gasteiger partial charge in [-0.25, -0.2) is 0 Å². The van der Waals surface area contributed by atoms with Gasteiger partial charge < -0.3 is 5.11 Å². The Balaban J connectivity index is 2.53. The van der Waals surface area contributed by atoms with Crippen molar-refractivity contribution in [1.29, 1.82) is 0 Å². The van der Waals surface area contributed by atoms with E-state index in [0.717, 1.165) is 12.2 Å². The van der Waals surface area contributed by atoms with E-state index in [1.54, 1.807) is 0 Å². The molecule has 1 rings (SSSR count). The van der Waals surface area contributed by atoms with Gasteiger partial charge in [0, 0.05) is 5.75 Å². The average molecular weight is 266 g/mol. The molecule has 0 aliphatic heterocycles. The third-order valence-corrected chi connectivity index (χ3v) is 4.16. The molecule has 2 heteroatoms. The van der Waals surface area contributed by atoms with Gasteiger partial charge in [-0.1, -0.05) is 58.9 Å². The maximum Gasteiger partial charge on any atom is 0.0670 e. The Morgan fingerprint density at radius 3 is 2.11 bits per heavy atom. The summed E-state index contributed by atoms with van der Waals surface area (Å²) < 4.78 is 0. The maximum absolute atomic E-state index is 9.96. The molecule has 0 fully saturated rings. The van der Waals surface area contributed by atoms with E-state index in [4.69, 9.17) is 0 Å². The lowest BCUT2D eigenvalue weighted by atomic mass is 9.86. The van der Waals surface area contributed by atoms with Gasteiger partial charge in [0.25, 0.3) is 0 Å². The van der Waals surface area contributed by atoms with E-state index in [9.17, 15) is 5.11 Å². The Bertz CT molecular complexity index is 348. The second kappa shape index (κ2) is 6.63. The molecule has 102 valence electrons. The molecule has 1 nitrogen and oxygen atoms in total. The number of aliphatic hydroxyl groups is 1. The van der Waals surface area contributed by atoms with Crippen molar-refractivity contribution in [2.45, 2.75) is 57.8 Å². The molecule has 0 aromatic heterocycles. The van der Waals surface area contributed by atoms with Crippen LogP contribution >= 0.6 is 11.8 Å². The third-order valence-electron chi connectivity index (χ3n) is 2.91. The Hall–Kier alpha value is -0.470. The second-order valence-corrected chi connectivity index (χ2v) is 7.80. The highest BCUT2D eigenvalue weighted by atomic mass is 32.2. The molecule has 1 unspecified atom stereocenters. The molecular formula is C16H26OS. The van der Waals surface area contributed by atoms with Crippen LogP contribution in [0.15, 0.2) is 24.3 Å². The first-order valence-electron chi connectivity index (χ1n) is 6.68. The summed E-state index contributed by atoms with van der Waals surface area (Å²) in [5, 5.41) is 10.5. The van der Waals surface area contributed by atoms with Gasteiger partial charge in [0.05, 0.1) is 6.10 Å². The number of benzene rings is 1. The van der Waals surface area contributed by atoms with Crippen LogP contribution in [-0.4, -0.2) is 22.2 Å². The number of hydrogen-bond acceptors (Lipinski definition) is 2. The minimum Gasteiger partial charge on any atom is -0.392 e. The molecule has 0 saturated carbocycles. The minimum atomic E-state index is -0.238. The molecule has 18 heavy (non-hydrogen) atoms. The van der Waals surface area contributed by atoms with Gasteiger partial charge >= 0.3 is 0 Å². The summed E-state index contributed by atoms with van der Waals surface area (Å²) >= 11 is 1.82. The summed E-state index contributed by atoms with van der Waals surface area (Å²) in [5.74, 6) is 0.818. The molecule has 1 atom stereocenters. The van der Waals surface area contributed by atoms with Crippen LogP contribution in [0.2, 0.25) is 0 Å². The largest absolute Gasteiger partial charge is 0.392 e. The van der Waals surface area contributed by atoms with Crippen molar-refractivity contribution in [3.05, 3.63) is 35.4 Å². The summed E-state index contributed by atoms with van der Waals surface area (Å²) in [5.41, 5.74) is 2.77. The van der Waals surface area contributed by atoms with Crippen LogP contribution in [0.5, 0.6) is 0 Å². The first-order chi connectivity index (χ1) is 8.29. The zero-order chi connectivity index (χ0) is 13.8. The standard InChI is InChI=1S/C16H26OS/c1-12(2)18-11-15(17)10-13-6-8-14(9-7-13)16(3,4)5/h6-9,12,15,17H,10-11H2,1-5H3. The topological polar surface area (TPSA) is 20.2 Å². The van der Waals surface area contributed by atoms with Gasteiger partial charge in [-0.3, -0.25) is 0 Å². The number of hydrogen-bond donors (Lipinski definition) is 1. The van der Waals surface area contributed by atoms with Crippen molar-refractivity contribution in [3.63, 3.8) is 0 Å². The Kier molecular flexibility index (Phi) is 5.74. The average Bonchev–Trinajstić information content (AvgIpc) is 2.26. The molecular weight excluding hydrogens is 240 g/mol. The van der Waals surface area contributed by atoms with Gasteiger partial charge in [-0.15, -0.1) is 0 Å². The highest BCUT2D eigenvalue weighted by Gasteiger charge is 2.13. The monoisotopic (exact) mass is 266 g/mol. The third kappa shape index (κ3) is 5.45. The molecule has 0 amide bonds. The fraction of sp³-hybridized carbons (Fsp3) is 0.625. The first kappa shape index (κ1) is 15.6. The predicted octanol–water partition coefficient (Wildman–Crippen LogP) is 4.03. The van der Waals surface area contributed by atoms with Gasteiger partial charge in [-0.2, -0.15) is 11.8 Å². The molecule has 0 heterocycles. The molecule has 0 spiro atoms. The van der Waals surface area contributed by atoms with Crippen LogP contribution in [-0.2, 0) is 11.8 Å². The van der Waals surface area contributed by atoms with Gasteiger partial charge in [0.15, 0.2) is 0 Å². The number of rotatable bonds is 5. The van der Waals surface area contributed by atoms with Gasteiger partial charge in [0.2, 0.25) is 0 Å². The zero-order valence-electron chi connectivity index (χ0n) is 12.2. The fourth-order valence-electron chi connectivity index (χ4n) is 1.78. The van der Waals surface area contributed by atoms with E-state index < -0.39 is 0 Å². The Morgan fingerprint density at radius 1 is 1.11 bits per heavy atom. The Morgan fingerprint density at radius 2 is 1.67 bits per heavy atom. The molecule has 1 N–H and O–H groups in total. The summed E-state index contributed by atoms with van der Waals surface area (Å²) in [4.78, 5) is 0. The summed E-state index contributed by atoms with van der Waals surface area (Å²) in [6.07, 6.45) is 0.516. The van der Waals surface area contributed by atoms with Gasteiger partial charge in [0.1, 0.15) is 0 Å². The summed E-state index contributed by atoms with van der Waals surface area (Å²) in [6, 6.07) is 8.64. The highest BCUT2D eigenvalue weighted by Crippen LogP contribution is 2.22. The first-order valence-corrected chi connectivity index (χ1v) is 7.73. The van der Waals surface area contributed by atoms with E-state index in [2.05, 4.69) is 58.9 Å². The summed E-state index contributed by atoms with van der Waals surface area (Å²) in [6.45, 7) is 11.0. The highest BCUT2D eigenvalue weighted by molar-refractivity contribution is 7.99. The summed E-state index contributed by atoms with van der Waals surface area (Å²) in [7, 11) is 0. The molecule has 1 aromatic rings. The second-order valence-electron chi connectivity index (χ2n) is 6.19. The van der Waals surface area contributed by atoms with Crippen molar-refractivity contribution in [3.8, 4) is 0 Å². The zero-order valence-corrected chi connectivity index (χ0v) is 13.1. The molecule has 0 aliphatic carbocycles. The van der Waals surface area contributed by atoms with E-state index in [-0.39, 0.29) is 11.5 Å². The van der Waals surface area contributed by atoms with Gasteiger partial charge in [-0.05, 0) is 28.2 Å². The number of thioether (sulfide) groups is 1. The van der Waals surface area contributed by atoms with Crippen LogP contribution in [0.4, 0.5) is 0 Å². The van der Waals surface area contributed by atoms with Crippen LogP contribution in [0.3, 0.4) is 0 Å². The molecule has 1 aromatic carbocycles. The van der Waals surface area contributed by atoms with Crippen molar-refractivity contribution >= 4 is 11.8 Å². The lowest BCUT2D eigenvalue weighted by molar-refractivity contribution is 0.200. The number of aliphatic hydroxyl groups excluding tert-OH is 1. The van der Waals surface area contributed by atoms with Crippen molar-refractivity contribution in [2.24, 2.45) is 0 Å². The van der Waals surface area contributed by atoms with Crippen molar-refractivity contribution in [1.82, 2.24) is 0 Å². The van der Waals surface area contributed by atoms with Crippen molar-refractivity contribution < 1.29 is 5.11 Å². The molecule has 0 aliphatic rings. The van der Waals surface area contributed by atoms with E-state index in [1.807, 2.05) is 11.8 Å². The lowest BCUT2D eigenvalue weighted by Crippen LogP contribution is -2.15. The SMILES string of the molecule is CC(C)SCC(O)Cc1ccc(C(C)(C)C)cc1. The fourth-order valence-corrected chi connectivity index (χ4v) is 2.50. The smallest absolute Gasteiger partial charge is 0.0670 e. The van der Waals surface area contributed by atoms with Crippen LogP contribution < -0.4 is 0 Å².